The van der Waals surface area contributed by atoms with Gasteiger partial charge in [0.2, 0.25) is 0 Å². The Morgan fingerprint density at radius 3 is 3.27 bits per heavy atom. The lowest BCUT2D eigenvalue weighted by atomic mass is 10.0. The molecule has 1 atom stereocenters. The lowest BCUT2D eigenvalue weighted by molar-refractivity contribution is -0.139. The van der Waals surface area contributed by atoms with Crippen molar-refractivity contribution in [3.05, 3.63) is 18.2 Å². The zero-order chi connectivity index (χ0) is 10.7. The lowest BCUT2D eigenvalue weighted by Gasteiger charge is -2.21. The maximum Gasteiger partial charge on any atom is 0.252 e. The molecular formula is C10H15N3O2. The van der Waals surface area contributed by atoms with E-state index in [9.17, 15) is 4.79 Å². The van der Waals surface area contributed by atoms with Crippen LogP contribution in [0, 0.1) is 0 Å². The number of rotatable bonds is 3. The summed E-state index contributed by atoms with van der Waals surface area (Å²) in [6.45, 7) is 2.98. The average Bonchev–Trinajstić information content (AvgIpc) is 2.85. The van der Waals surface area contributed by atoms with Crippen molar-refractivity contribution in [3.63, 3.8) is 0 Å². The van der Waals surface area contributed by atoms with Gasteiger partial charge in [-0.2, -0.15) is 0 Å². The van der Waals surface area contributed by atoms with E-state index in [4.69, 9.17) is 4.74 Å². The Hall–Kier alpha value is -1.36. The number of nitrogens with one attached hydrogen (secondary N) is 2. The van der Waals surface area contributed by atoms with Gasteiger partial charge < -0.3 is 15.0 Å². The minimum Gasteiger partial charge on any atom is -0.365 e. The van der Waals surface area contributed by atoms with Gasteiger partial charge in [0.15, 0.2) is 0 Å². The van der Waals surface area contributed by atoms with Gasteiger partial charge in [0, 0.05) is 12.8 Å². The second-order valence-electron chi connectivity index (χ2n) is 3.94. The van der Waals surface area contributed by atoms with E-state index in [1.54, 1.807) is 12.5 Å². The van der Waals surface area contributed by atoms with Gasteiger partial charge in [-0.25, -0.2) is 4.98 Å². The van der Waals surface area contributed by atoms with Crippen molar-refractivity contribution in [2.24, 2.45) is 0 Å². The van der Waals surface area contributed by atoms with Crippen LogP contribution in [0.5, 0.6) is 0 Å². The topological polar surface area (TPSA) is 67.0 Å². The highest BCUT2D eigenvalue weighted by molar-refractivity contribution is 5.84. The van der Waals surface area contributed by atoms with Gasteiger partial charge in [-0.1, -0.05) is 0 Å². The zero-order valence-corrected chi connectivity index (χ0v) is 8.75. The summed E-state index contributed by atoms with van der Waals surface area (Å²) >= 11 is 0. The number of hydrogen-bond acceptors (Lipinski definition) is 3. The first-order chi connectivity index (χ1) is 7.21. The van der Waals surface area contributed by atoms with Crippen LogP contribution in [0.15, 0.2) is 12.5 Å². The molecular weight excluding hydrogens is 194 g/mol. The molecule has 0 radical (unpaired) electrons. The molecule has 0 aliphatic carbocycles. The summed E-state index contributed by atoms with van der Waals surface area (Å²) in [6, 6.07) is 0. The molecule has 1 aliphatic rings. The van der Waals surface area contributed by atoms with E-state index in [1.165, 1.54) is 0 Å². The maximum absolute atomic E-state index is 11.8. The minimum absolute atomic E-state index is 0.0467. The van der Waals surface area contributed by atoms with Gasteiger partial charge in [-0.3, -0.25) is 4.79 Å². The molecule has 2 heterocycles. The standard InChI is InChI=1S/C10H15N3O2/c1-10(3-2-4-15-10)9(14)12-6-8-5-11-7-13-8/h5,7H,2-4,6H2,1H3,(H,11,13)(H,12,14). The van der Waals surface area contributed by atoms with E-state index in [-0.39, 0.29) is 5.91 Å². The molecule has 0 bridgehead atoms. The van der Waals surface area contributed by atoms with E-state index in [0.717, 1.165) is 18.5 Å². The van der Waals surface area contributed by atoms with Crippen LogP contribution < -0.4 is 5.32 Å². The Labute approximate surface area is 88.2 Å². The van der Waals surface area contributed by atoms with Gasteiger partial charge in [-0.15, -0.1) is 0 Å². The maximum atomic E-state index is 11.8. The molecule has 1 unspecified atom stereocenters. The normalized spacial score (nSPS) is 25.4. The van der Waals surface area contributed by atoms with Crippen molar-refractivity contribution < 1.29 is 9.53 Å². The number of ether oxygens (including phenoxy) is 1. The fourth-order valence-corrected chi connectivity index (χ4v) is 1.70. The number of nitrogens with zero attached hydrogens (tertiary/aromatic N) is 1. The van der Waals surface area contributed by atoms with Crippen molar-refractivity contribution in [1.82, 2.24) is 15.3 Å². The van der Waals surface area contributed by atoms with E-state index in [0.29, 0.717) is 13.2 Å². The first-order valence-electron chi connectivity index (χ1n) is 5.10. The number of aromatic amines is 1. The molecule has 1 fully saturated rings. The number of hydrogen-bond donors (Lipinski definition) is 2. The highest BCUT2D eigenvalue weighted by Crippen LogP contribution is 2.24. The van der Waals surface area contributed by atoms with Crippen LogP contribution in [-0.4, -0.2) is 28.1 Å². The fraction of sp³-hybridized carbons (Fsp3) is 0.600. The molecule has 5 nitrogen and oxygen atoms in total. The molecule has 0 aromatic carbocycles. The molecule has 82 valence electrons. The van der Waals surface area contributed by atoms with Gasteiger partial charge >= 0.3 is 0 Å². The summed E-state index contributed by atoms with van der Waals surface area (Å²) in [5.41, 5.74) is 0.255. The van der Waals surface area contributed by atoms with Crippen LogP contribution in [0.1, 0.15) is 25.5 Å². The summed E-state index contributed by atoms with van der Waals surface area (Å²) < 4.78 is 5.43. The molecule has 1 amide bonds. The van der Waals surface area contributed by atoms with Crippen LogP contribution in [0.3, 0.4) is 0 Å². The molecule has 0 spiro atoms. The molecule has 1 aromatic heterocycles. The Kier molecular flexibility index (Phi) is 2.73. The summed E-state index contributed by atoms with van der Waals surface area (Å²) in [5, 5.41) is 2.83. The molecule has 5 heteroatoms. The smallest absolute Gasteiger partial charge is 0.252 e. The van der Waals surface area contributed by atoms with Crippen LogP contribution in [0.2, 0.25) is 0 Å². The van der Waals surface area contributed by atoms with E-state index < -0.39 is 5.60 Å². The van der Waals surface area contributed by atoms with Crippen molar-refractivity contribution in [3.8, 4) is 0 Å². The first-order valence-corrected chi connectivity index (χ1v) is 5.10. The summed E-state index contributed by atoms with van der Waals surface area (Å²) in [6.07, 6.45) is 5.03. The van der Waals surface area contributed by atoms with Crippen molar-refractivity contribution >= 4 is 5.91 Å². The first kappa shape index (κ1) is 10.2. The molecule has 1 saturated heterocycles. The predicted octanol–water partition coefficient (Wildman–Crippen LogP) is 0.595. The third kappa shape index (κ3) is 2.18. The summed E-state index contributed by atoms with van der Waals surface area (Å²) in [5.74, 6) is -0.0467. The van der Waals surface area contributed by atoms with E-state index >= 15 is 0 Å². The van der Waals surface area contributed by atoms with Crippen molar-refractivity contribution in [2.45, 2.75) is 31.9 Å². The number of aromatic nitrogens is 2. The largest absolute Gasteiger partial charge is 0.365 e. The Balaban J connectivity index is 1.87. The quantitative estimate of drug-likeness (QED) is 0.765. The van der Waals surface area contributed by atoms with Gasteiger partial charge in [0.1, 0.15) is 5.60 Å². The predicted molar refractivity (Wildman–Crippen MR) is 54.0 cm³/mol. The van der Waals surface area contributed by atoms with Gasteiger partial charge in [0.05, 0.1) is 18.6 Å². The molecule has 1 aliphatic heterocycles. The third-order valence-corrected chi connectivity index (χ3v) is 2.69. The minimum atomic E-state index is -0.639. The van der Waals surface area contributed by atoms with Crippen LogP contribution >= 0.6 is 0 Å². The summed E-state index contributed by atoms with van der Waals surface area (Å²) in [4.78, 5) is 18.6. The second kappa shape index (κ2) is 4.02. The number of amides is 1. The number of imidazole rings is 1. The SMILES string of the molecule is CC1(C(=O)NCc2cnc[nH]2)CCCO1. The van der Waals surface area contributed by atoms with Crippen LogP contribution in [0.4, 0.5) is 0 Å². The Morgan fingerprint density at radius 1 is 1.80 bits per heavy atom. The molecule has 2 N–H and O–H groups in total. The van der Waals surface area contributed by atoms with Crippen molar-refractivity contribution in [1.29, 1.82) is 0 Å². The Bertz CT molecular complexity index is 328. The highest BCUT2D eigenvalue weighted by atomic mass is 16.5. The fourth-order valence-electron chi connectivity index (χ4n) is 1.70. The molecule has 15 heavy (non-hydrogen) atoms. The van der Waals surface area contributed by atoms with E-state index in [1.807, 2.05) is 6.92 Å². The van der Waals surface area contributed by atoms with E-state index in [2.05, 4.69) is 15.3 Å². The third-order valence-electron chi connectivity index (χ3n) is 2.69. The second-order valence-corrected chi connectivity index (χ2v) is 3.94. The summed E-state index contributed by atoms with van der Waals surface area (Å²) in [7, 11) is 0. The van der Waals surface area contributed by atoms with Gasteiger partial charge in [0.25, 0.3) is 5.91 Å². The number of carbonyl (C=O) groups is 1. The van der Waals surface area contributed by atoms with Crippen LogP contribution in [0.25, 0.3) is 0 Å². The lowest BCUT2D eigenvalue weighted by Crippen LogP contribution is -2.43. The molecule has 0 saturated carbocycles. The number of H-pyrrole nitrogens is 1. The molecule has 1 aromatic rings. The van der Waals surface area contributed by atoms with Gasteiger partial charge in [-0.05, 0) is 19.8 Å². The van der Waals surface area contributed by atoms with Crippen molar-refractivity contribution in [2.75, 3.05) is 6.61 Å². The van der Waals surface area contributed by atoms with Crippen LogP contribution in [-0.2, 0) is 16.1 Å². The Morgan fingerprint density at radius 2 is 2.67 bits per heavy atom. The molecule has 2 rings (SSSR count). The number of carbonyl (C=O) groups excluding carboxylic acids is 1. The highest BCUT2D eigenvalue weighted by Gasteiger charge is 2.37. The average molecular weight is 209 g/mol. The monoisotopic (exact) mass is 209 g/mol. The zero-order valence-electron chi connectivity index (χ0n) is 8.75.